The van der Waals surface area contributed by atoms with Crippen LogP contribution in [0.25, 0.3) is 0 Å². The van der Waals surface area contributed by atoms with Gasteiger partial charge < -0.3 is 15.5 Å². The largest absolute Gasteiger partial charge is 0.365 e. The van der Waals surface area contributed by atoms with E-state index >= 15 is 0 Å². The Morgan fingerprint density at radius 1 is 1.35 bits per heavy atom. The summed E-state index contributed by atoms with van der Waals surface area (Å²) in [6, 6.07) is 3.80. The Kier molecular flexibility index (Phi) is 9.01. The number of rotatable bonds is 6. The molecule has 1 aromatic carbocycles. The number of benzene rings is 1. The average Bonchev–Trinajstić information content (AvgIpc) is 2.94. The van der Waals surface area contributed by atoms with Crippen LogP contribution in [0.4, 0.5) is 14.5 Å². The highest BCUT2D eigenvalue weighted by Crippen LogP contribution is 2.26. The highest BCUT2D eigenvalue weighted by atomic mass is 127. The van der Waals surface area contributed by atoms with Crippen molar-refractivity contribution < 1.29 is 17.2 Å². The maximum atomic E-state index is 13.9. The molecule has 1 saturated heterocycles. The van der Waals surface area contributed by atoms with Crippen molar-refractivity contribution in [1.82, 2.24) is 10.6 Å². The number of sulfone groups is 1. The number of anilines is 1. The zero-order valence-electron chi connectivity index (χ0n) is 14.8. The molecule has 10 heteroatoms. The quantitative estimate of drug-likeness (QED) is 0.353. The molecule has 1 fully saturated rings. The Hall–Kier alpha value is -1.17. The second-order valence-electron chi connectivity index (χ2n) is 6.04. The molecule has 6 nitrogen and oxygen atoms in total. The lowest BCUT2D eigenvalue weighted by atomic mass is 10.2. The molecule has 0 bridgehead atoms. The smallest absolute Gasteiger partial charge is 0.191 e. The molecule has 1 aliphatic rings. The van der Waals surface area contributed by atoms with Gasteiger partial charge in [0.2, 0.25) is 0 Å². The molecule has 1 aliphatic heterocycles. The van der Waals surface area contributed by atoms with Crippen LogP contribution in [0.15, 0.2) is 23.2 Å². The van der Waals surface area contributed by atoms with Gasteiger partial charge in [-0.3, -0.25) is 4.99 Å². The molecule has 2 rings (SSSR count). The number of halogens is 3. The van der Waals surface area contributed by atoms with Gasteiger partial charge in [0.25, 0.3) is 0 Å². The first-order valence-electron chi connectivity index (χ1n) is 8.21. The fraction of sp³-hybridized carbons (Fsp3) is 0.562. The highest BCUT2D eigenvalue weighted by Gasteiger charge is 2.27. The molecule has 0 amide bonds. The minimum Gasteiger partial charge on any atom is -0.365 e. The summed E-state index contributed by atoms with van der Waals surface area (Å²) < 4.78 is 50.2. The Labute approximate surface area is 170 Å². The Morgan fingerprint density at radius 2 is 2.00 bits per heavy atom. The Bertz CT molecular complexity index is 711. The lowest BCUT2D eigenvalue weighted by Gasteiger charge is -2.21. The highest BCUT2D eigenvalue weighted by molar-refractivity contribution is 14.0. The van der Waals surface area contributed by atoms with E-state index in [1.807, 2.05) is 6.92 Å². The van der Waals surface area contributed by atoms with E-state index in [-0.39, 0.29) is 48.0 Å². The zero-order valence-corrected chi connectivity index (χ0v) is 18.0. The average molecular weight is 502 g/mol. The van der Waals surface area contributed by atoms with Crippen LogP contribution in [0.5, 0.6) is 0 Å². The minimum absolute atomic E-state index is 0. The molecule has 1 aromatic rings. The maximum absolute atomic E-state index is 13.9. The third-order valence-electron chi connectivity index (χ3n) is 3.86. The van der Waals surface area contributed by atoms with Gasteiger partial charge in [-0.2, -0.15) is 0 Å². The van der Waals surface area contributed by atoms with E-state index in [1.165, 1.54) is 24.5 Å². The molecule has 1 atom stereocenters. The monoisotopic (exact) mass is 502 g/mol. The van der Waals surface area contributed by atoms with Gasteiger partial charge in [-0.15, -0.1) is 24.0 Å². The van der Waals surface area contributed by atoms with Gasteiger partial charge in [-0.25, -0.2) is 17.2 Å². The first-order chi connectivity index (χ1) is 11.8. The molecular formula is C16H25F2IN4O2S. The standard InChI is InChI=1S/C16H24F2N4O2S.HI/c1-3-19-16(20-8-10-25(2,23)24)21-12-7-9-22(11-12)15-13(17)5-4-6-14(15)18;/h4-6,12H,3,7-11H2,1-2H3,(H2,19,20,21);1H. The molecule has 0 aromatic heterocycles. The summed E-state index contributed by atoms with van der Waals surface area (Å²) >= 11 is 0. The van der Waals surface area contributed by atoms with Crippen LogP contribution in [0, 0.1) is 11.6 Å². The summed E-state index contributed by atoms with van der Waals surface area (Å²) in [5, 5.41) is 6.25. The summed E-state index contributed by atoms with van der Waals surface area (Å²) in [7, 11) is -3.07. The molecule has 1 unspecified atom stereocenters. The van der Waals surface area contributed by atoms with E-state index in [0.717, 1.165) is 0 Å². The fourth-order valence-electron chi connectivity index (χ4n) is 2.71. The van der Waals surface area contributed by atoms with E-state index in [4.69, 9.17) is 0 Å². The SMILES string of the molecule is CCNC(=NCCS(C)(=O)=O)NC1CCN(c2c(F)cccc2F)C1.I. The number of para-hydroxylation sites is 1. The van der Waals surface area contributed by atoms with Crippen molar-refractivity contribution in [3.63, 3.8) is 0 Å². The van der Waals surface area contributed by atoms with Crippen LogP contribution in [0.2, 0.25) is 0 Å². The van der Waals surface area contributed by atoms with E-state index < -0.39 is 21.5 Å². The summed E-state index contributed by atoms with van der Waals surface area (Å²) in [6.07, 6.45) is 1.87. The second-order valence-corrected chi connectivity index (χ2v) is 8.30. The third kappa shape index (κ3) is 6.86. The van der Waals surface area contributed by atoms with Crippen LogP contribution in [-0.2, 0) is 9.84 Å². The van der Waals surface area contributed by atoms with Gasteiger partial charge in [0, 0.05) is 31.9 Å². The molecule has 0 aliphatic carbocycles. The predicted molar refractivity (Wildman–Crippen MR) is 111 cm³/mol. The lowest BCUT2D eigenvalue weighted by Crippen LogP contribution is -2.45. The van der Waals surface area contributed by atoms with Crippen molar-refractivity contribution in [2.75, 3.05) is 43.1 Å². The fourth-order valence-corrected chi connectivity index (χ4v) is 3.13. The molecule has 0 radical (unpaired) electrons. The van der Waals surface area contributed by atoms with Crippen molar-refractivity contribution in [3.8, 4) is 0 Å². The lowest BCUT2D eigenvalue weighted by molar-refractivity contribution is 0.576. The van der Waals surface area contributed by atoms with Crippen LogP contribution < -0.4 is 15.5 Å². The molecule has 0 saturated carbocycles. The number of hydrogen-bond donors (Lipinski definition) is 2. The van der Waals surface area contributed by atoms with E-state index in [1.54, 1.807) is 4.90 Å². The zero-order chi connectivity index (χ0) is 18.4. The first kappa shape index (κ1) is 22.9. The number of nitrogens with one attached hydrogen (secondary N) is 2. The molecule has 0 spiro atoms. The van der Waals surface area contributed by atoms with Crippen molar-refractivity contribution in [2.45, 2.75) is 19.4 Å². The predicted octanol–water partition coefficient (Wildman–Crippen LogP) is 1.76. The molecule has 1 heterocycles. The van der Waals surface area contributed by atoms with E-state index in [2.05, 4.69) is 15.6 Å². The third-order valence-corrected chi connectivity index (χ3v) is 4.78. The number of aliphatic imine (C=N–C) groups is 1. The van der Waals surface area contributed by atoms with Gasteiger partial charge in [0.15, 0.2) is 5.96 Å². The summed E-state index contributed by atoms with van der Waals surface area (Å²) in [4.78, 5) is 5.91. The number of guanidine groups is 1. The summed E-state index contributed by atoms with van der Waals surface area (Å²) in [5.41, 5.74) is -0.00850. The van der Waals surface area contributed by atoms with Crippen LogP contribution >= 0.6 is 24.0 Å². The van der Waals surface area contributed by atoms with Crippen LogP contribution in [-0.4, -0.2) is 58.6 Å². The number of hydrogen-bond acceptors (Lipinski definition) is 4. The molecular weight excluding hydrogens is 477 g/mol. The molecule has 2 N–H and O–H groups in total. The first-order valence-corrected chi connectivity index (χ1v) is 10.3. The van der Waals surface area contributed by atoms with Crippen molar-refractivity contribution in [1.29, 1.82) is 0 Å². The Balaban J connectivity index is 0.00000338. The van der Waals surface area contributed by atoms with E-state index in [0.29, 0.717) is 32.0 Å². The minimum atomic E-state index is -3.07. The van der Waals surface area contributed by atoms with Gasteiger partial charge in [0.05, 0.1) is 12.3 Å². The van der Waals surface area contributed by atoms with Gasteiger partial charge in [-0.1, -0.05) is 6.07 Å². The van der Waals surface area contributed by atoms with Crippen LogP contribution in [0.1, 0.15) is 13.3 Å². The van der Waals surface area contributed by atoms with Gasteiger partial charge in [-0.05, 0) is 25.5 Å². The molecule has 148 valence electrons. The van der Waals surface area contributed by atoms with Crippen molar-refractivity contribution >= 4 is 45.5 Å². The van der Waals surface area contributed by atoms with Crippen molar-refractivity contribution in [3.05, 3.63) is 29.8 Å². The second kappa shape index (κ2) is 10.2. The van der Waals surface area contributed by atoms with Crippen molar-refractivity contribution in [2.24, 2.45) is 4.99 Å². The topological polar surface area (TPSA) is 73.8 Å². The van der Waals surface area contributed by atoms with Gasteiger partial charge >= 0.3 is 0 Å². The number of nitrogens with zero attached hydrogens (tertiary/aromatic N) is 2. The summed E-state index contributed by atoms with van der Waals surface area (Å²) in [5.74, 6) is -0.670. The molecule has 26 heavy (non-hydrogen) atoms. The van der Waals surface area contributed by atoms with Crippen LogP contribution in [0.3, 0.4) is 0 Å². The normalized spacial score (nSPS) is 17.8. The van der Waals surface area contributed by atoms with E-state index in [9.17, 15) is 17.2 Å². The Morgan fingerprint density at radius 3 is 2.58 bits per heavy atom. The maximum Gasteiger partial charge on any atom is 0.191 e. The summed E-state index contributed by atoms with van der Waals surface area (Å²) in [6.45, 7) is 3.66. The van der Waals surface area contributed by atoms with Gasteiger partial charge in [0.1, 0.15) is 27.2 Å².